The van der Waals surface area contributed by atoms with Gasteiger partial charge in [-0.15, -0.1) is 0 Å². The number of hydrogen-bond donors (Lipinski definition) is 1. The lowest BCUT2D eigenvalue weighted by Gasteiger charge is -2.37. The standard InChI is InChI=1S/C24H30BrN3O3/c1-4-18-8-5-6-11-21(18)26-23(29)16-27(3)24(30)17(2)28-12-13-31-22(15-28)19-9-7-10-20(25)14-19/h5-11,14,17,22H,4,12-13,15-16H2,1-3H3,(H,26,29). The van der Waals surface area contributed by atoms with Crippen LogP contribution in [0.25, 0.3) is 0 Å². The fourth-order valence-corrected chi connectivity index (χ4v) is 4.26. The van der Waals surface area contributed by atoms with Crippen LogP contribution in [0.2, 0.25) is 0 Å². The Balaban J connectivity index is 1.57. The van der Waals surface area contributed by atoms with E-state index in [2.05, 4.69) is 26.1 Å². The van der Waals surface area contributed by atoms with E-state index in [9.17, 15) is 9.59 Å². The number of nitrogens with one attached hydrogen (secondary N) is 1. The van der Waals surface area contributed by atoms with Gasteiger partial charge in [-0.05, 0) is 42.7 Å². The molecule has 0 aromatic heterocycles. The Labute approximate surface area is 192 Å². The fourth-order valence-electron chi connectivity index (χ4n) is 3.84. The molecule has 1 aliphatic rings. The molecule has 2 amide bonds. The van der Waals surface area contributed by atoms with Crippen molar-refractivity contribution in [2.24, 2.45) is 0 Å². The zero-order valence-corrected chi connectivity index (χ0v) is 19.9. The molecule has 0 bridgehead atoms. The van der Waals surface area contributed by atoms with Gasteiger partial charge in [0.1, 0.15) is 0 Å². The van der Waals surface area contributed by atoms with Gasteiger partial charge in [-0.25, -0.2) is 0 Å². The number of aryl methyl sites for hydroxylation is 1. The molecule has 1 aliphatic heterocycles. The third-order valence-electron chi connectivity index (χ3n) is 5.65. The van der Waals surface area contributed by atoms with Gasteiger partial charge in [-0.1, -0.05) is 53.2 Å². The van der Waals surface area contributed by atoms with Crippen LogP contribution in [-0.2, 0) is 20.7 Å². The molecule has 0 spiro atoms. The van der Waals surface area contributed by atoms with E-state index in [-0.39, 0.29) is 30.5 Å². The van der Waals surface area contributed by atoms with Crippen LogP contribution >= 0.6 is 15.9 Å². The smallest absolute Gasteiger partial charge is 0.243 e. The first kappa shape index (κ1) is 23.4. The van der Waals surface area contributed by atoms with E-state index in [1.807, 2.05) is 62.4 Å². The molecular formula is C24H30BrN3O3. The van der Waals surface area contributed by atoms with Crippen molar-refractivity contribution in [3.8, 4) is 0 Å². The van der Waals surface area contributed by atoms with Gasteiger partial charge < -0.3 is 15.0 Å². The third-order valence-corrected chi connectivity index (χ3v) is 6.15. The number of ether oxygens (including phenoxy) is 1. The van der Waals surface area contributed by atoms with Crippen molar-refractivity contribution in [3.63, 3.8) is 0 Å². The van der Waals surface area contributed by atoms with Crippen LogP contribution in [0.1, 0.15) is 31.1 Å². The number of rotatable bonds is 7. The van der Waals surface area contributed by atoms with Crippen LogP contribution in [0.5, 0.6) is 0 Å². The zero-order valence-electron chi connectivity index (χ0n) is 18.3. The maximum atomic E-state index is 13.0. The van der Waals surface area contributed by atoms with Crippen LogP contribution < -0.4 is 5.32 Å². The van der Waals surface area contributed by atoms with Crippen molar-refractivity contribution in [2.45, 2.75) is 32.4 Å². The minimum absolute atomic E-state index is 0.0145. The van der Waals surface area contributed by atoms with Crippen LogP contribution in [0.4, 0.5) is 5.69 Å². The van der Waals surface area contributed by atoms with E-state index in [1.165, 1.54) is 4.90 Å². The maximum absolute atomic E-state index is 13.0. The van der Waals surface area contributed by atoms with Crippen LogP contribution in [0.3, 0.4) is 0 Å². The van der Waals surface area contributed by atoms with Crippen molar-refractivity contribution in [2.75, 3.05) is 38.6 Å². The van der Waals surface area contributed by atoms with Gasteiger partial charge in [-0.3, -0.25) is 14.5 Å². The molecular weight excluding hydrogens is 458 g/mol. The second-order valence-corrected chi connectivity index (χ2v) is 8.75. The summed E-state index contributed by atoms with van der Waals surface area (Å²) in [6.45, 7) is 5.83. The van der Waals surface area contributed by atoms with Crippen molar-refractivity contribution in [1.29, 1.82) is 0 Å². The lowest BCUT2D eigenvalue weighted by atomic mass is 10.1. The average molecular weight is 488 g/mol. The summed E-state index contributed by atoms with van der Waals surface area (Å²) in [5, 5.41) is 2.93. The number of morpholine rings is 1. The summed E-state index contributed by atoms with van der Waals surface area (Å²) < 4.78 is 6.95. The van der Waals surface area contributed by atoms with E-state index in [4.69, 9.17) is 4.74 Å². The van der Waals surface area contributed by atoms with E-state index < -0.39 is 0 Å². The Morgan fingerprint density at radius 2 is 2.03 bits per heavy atom. The summed E-state index contributed by atoms with van der Waals surface area (Å²) in [6.07, 6.45) is 0.749. The Kier molecular flexibility index (Phi) is 8.23. The molecule has 1 saturated heterocycles. The van der Waals surface area contributed by atoms with Crippen molar-refractivity contribution >= 4 is 33.4 Å². The van der Waals surface area contributed by atoms with Crippen molar-refractivity contribution in [1.82, 2.24) is 9.80 Å². The lowest BCUT2D eigenvalue weighted by molar-refractivity contribution is -0.140. The van der Waals surface area contributed by atoms with Crippen LogP contribution in [0, 0.1) is 0 Å². The Morgan fingerprint density at radius 3 is 2.77 bits per heavy atom. The highest BCUT2D eigenvalue weighted by Crippen LogP contribution is 2.26. The first-order valence-corrected chi connectivity index (χ1v) is 11.4. The number of anilines is 1. The van der Waals surface area contributed by atoms with Crippen LogP contribution in [0.15, 0.2) is 53.0 Å². The summed E-state index contributed by atoms with van der Waals surface area (Å²) in [6, 6.07) is 15.4. The monoisotopic (exact) mass is 487 g/mol. The SMILES string of the molecule is CCc1ccccc1NC(=O)CN(C)C(=O)C(C)N1CCOC(c2cccc(Br)c2)C1. The summed E-state index contributed by atoms with van der Waals surface area (Å²) in [5.74, 6) is -0.272. The van der Waals surface area contributed by atoms with Crippen molar-refractivity contribution < 1.29 is 14.3 Å². The van der Waals surface area contributed by atoms with Gasteiger partial charge in [0.25, 0.3) is 0 Å². The molecule has 6 nitrogen and oxygen atoms in total. The summed E-state index contributed by atoms with van der Waals surface area (Å²) in [4.78, 5) is 29.1. The number of benzene rings is 2. The molecule has 2 aromatic carbocycles. The second-order valence-electron chi connectivity index (χ2n) is 7.84. The third kappa shape index (κ3) is 6.15. The topological polar surface area (TPSA) is 61.9 Å². The first-order valence-electron chi connectivity index (χ1n) is 10.6. The molecule has 0 radical (unpaired) electrons. The van der Waals surface area contributed by atoms with Crippen molar-refractivity contribution in [3.05, 3.63) is 64.1 Å². The first-order chi connectivity index (χ1) is 14.9. The highest BCUT2D eigenvalue weighted by molar-refractivity contribution is 9.10. The van der Waals surface area contributed by atoms with E-state index in [0.29, 0.717) is 19.7 Å². The summed E-state index contributed by atoms with van der Waals surface area (Å²) in [7, 11) is 1.68. The number of para-hydroxylation sites is 1. The Bertz CT molecular complexity index is 920. The summed E-state index contributed by atoms with van der Waals surface area (Å²) >= 11 is 3.50. The molecule has 7 heteroatoms. The molecule has 0 aliphatic carbocycles. The summed E-state index contributed by atoms with van der Waals surface area (Å²) in [5.41, 5.74) is 2.96. The van der Waals surface area contributed by atoms with E-state index in [0.717, 1.165) is 27.7 Å². The highest BCUT2D eigenvalue weighted by Gasteiger charge is 2.30. The molecule has 3 rings (SSSR count). The van der Waals surface area contributed by atoms with Crippen LogP contribution in [-0.4, -0.2) is 60.9 Å². The lowest BCUT2D eigenvalue weighted by Crippen LogP contribution is -2.51. The molecule has 2 unspecified atom stereocenters. The Hall–Kier alpha value is -2.22. The molecule has 31 heavy (non-hydrogen) atoms. The van der Waals surface area contributed by atoms with Gasteiger partial charge in [0.15, 0.2) is 0 Å². The minimum atomic E-state index is -0.334. The van der Waals surface area contributed by atoms with Gasteiger partial charge in [-0.2, -0.15) is 0 Å². The molecule has 1 N–H and O–H groups in total. The quantitative estimate of drug-likeness (QED) is 0.643. The number of likely N-dealkylation sites (N-methyl/N-ethyl adjacent to an activating group) is 1. The zero-order chi connectivity index (χ0) is 22.4. The Morgan fingerprint density at radius 1 is 1.26 bits per heavy atom. The second kappa shape index (κ2) is 10.9. The molecule has 2 aromatic rings. The number of carbonyl (C=O) groups excluding carboxylic acids is 2. The maximum Gasteiger partial charge on any atom is 0.243 e. The van der Waals surface area contributed by atoms with Gasteiger partial charge in [0, 0.05) is 30.3 Å². The molecule has 0 saturated carbocycles. The van der Waals surface area contributed by atoms with E-state index in [1.54, 1.807) is 7.05 Å². The molecule has 1 fully saturated rings. The average Bonchev–Trinajstić information content (AvgIpc) is 2.78. The minimum Gasteiger partial charge on any atom is -0.371 e. The number of amides is 2. The highest BCUT2D eigenvalue weighted by atomic mass is 79.9. The number of carbonyl (C=O) groups is 2. The molecule has 166 valence electrons. The fraction of sp³-hybridized carbons (Fsp3) is 0.417. The molecule has 2 atom stereocenters. The van der Waals surface area contributed by atoms with Gasteiger partial charge in [0.2, 0.25) is 11.8 Å². The van der Waals surface area contributed by atoms with Gasteiger partial charge in [0.05, 0.1) is 25.3 Å². The number of hydrogen-bond acceptors (Lipinski definition) is 4. The largest absolute Gasteiger partial charge is 0.371 e. The van der Waals surface area contributed by atoms with E-state index >= 15 is 0 Å². The number of halogens is 1. The predicted molar refractivity (Wildman–Crippen MR) is 126 cm³/mol. The molecule has 1 heterocycles. The normalized spacial score (nSPS) is 17.7. The number of nitrogens with zero attached hydrogens (tertiary/aromatic N) is 2. The van der Waals surface area contributed by atoms with Gasteiger partial charge >= 0.3 is 0 Å². The predicted octanol–water partition coefficient (Wildman–Crippen LogP) is 3.87.